The minimum Gasteiger partial charge on any atom is -0.507 e. The molecule has 13 heteroatoms. The van der Waals surface area contributed by atoms with Crippen molar-refractivity contribution in [3.05, 3.63) is 80.5 Å². The summed E-state index contributed by atoms with van der Waals surface area (Å²) in [5.74, 6) is -2.97. The summed E-state index contributed by atoms with van der Waals surface area (Å²) in [4.78, 5) is 41.5. The van der Waals surface area contributed by atoms with E-state index in [1.54, 1.807) is 31.2 Å². The second-order valence-corrected chi connectivity index (χ2v) is 12.0. The number of fused-ring (bicyclic) bond motifs is 2. The van der Waals surface area contributed by atoms with Crippen molar-refractivity contribution in [3.8, 4) is 34.5 Å². The Morgan fingerprint density at radius 3 is 2.50 bits per heavy atom. The number of allylic oxidation sites excluding steroid dienone is 1. The molecule has 0 saturated carbocycles. The molecule has 3 aromatic rings. The summed E-state index contributed by atoms with van der Waals surface area (Å²) in [5.41, 5.74) is -1.08. The molecule has 1 spiro atoms. The van der Waals surface area contributed by atoms with Crippen LogP contribution in [0.3, 0.4) is 0 Å². The Bertz CT molecular complexity index is 1820. The quantitative estimate of drug-likeness (QED) is 0.274. The number of hydrogen-bond acceptors (Lipinski definition) is 10. The first kappa shape index (κ1) is 31.4. The first-order valence-corrected chi connectivity index (χ1v) is 15.0. The third kappa shape index (κ3) is 5.03. The van der Waals surface area contributed by atoms with Crippen molar-refractivity contribution in [2.75, 3.05) is 21.0 Å². The third-order valence-electron chi connectivity index (χ3n) is 8.55. The lowest BCUT2D eigenvalue weighted by Crippen LogP contribution is -2.53. The van der Waals surface area contributed by atoms with Gasteiger partial charge in [-0.15, -0.1) is 0 Å². The zero-order valence-electron chi connectivity index (χ0n) is 24.9. The maximum absolute atomic E-state index is 14.3. The predicted octanol–water partition coefficient (Wildman–Crippen LogP) is 5.67. The summed E-state index contributed by atoms with van der Waals surface area (Å²) in [6.45, 7) is 1.69. The zero-order valence-corrected chi connectivity index (χ0v) is 26.5. The molecule has 1 aliphatic carbocycles. The second kappa shape index (κ2) is 12.0. The lowest BCUT2D eigenvalue weighted by molar-refractivity contribution is -0.122. The van der Waals surface area contributed by atoms with Crippen molar-refractivity contribution < 1.29 is 48.3 Å². The number of phenols is 1. The van der Waals surface area contributed by atoms with Gasteiger partial charge in [-0.05, 0) is 35.4 Å². The van der Waals surface area contributed by atoms with Gasteiger partial charge in [-0.1, -0.05) is 42.3 Å². The lowest BCUT2D eigenvalue weighted by Gasteiger charge is -2.38. The van der Waals surface area contributed by atoms with Gasteiger partial charge in [0.05, 0.1) is 19.2 Å². The van der Waals surface area contributed by atoms with Crippen LogP contribution in [0.25, 0.3) is 0 Å². The van der Waals surface area contributed by atoms with Crippen LogP contribution in [0.4, 0.5) is 0 Å². The molecular formula is C33H29Cl2NO10. The zero-order chi connectivity index (χ0) is 32.9. The largest absolute Gasteiger partial charge is 0.507 e. The highest BCUT2D eigenvalue weighted by Crippen LogP contribution is 2.56. The molecule has 0 bridgehead atoms. The van der Waals surface area contributed by atoms with Crippen LogP contribution in [0, 0.1) is 5.92 Å². The molecular weight excluding hydrogens is 641 g/mol. The number of halogens is 2. The van der Waals surface area contributed by atoms with Gasteiger partial charge < -0.3 is 39.2 Å². The Kier molecular flexibility index (Phi) is 8.16. The van der Waals surface area contributed by atoms with E-state index in [-0.39, 0.29) is 70.4 Å². The average Bonchev–Trinajstić information content (AvgIpc) is 3.63. The molecule has 240 valence electrons. The number of nitrogens with one attached hydrogen (secondary N) is 1. The van der Waals surface area contributed by atoms with E-state index in [1.165, 1.54) is 32.4 Å². The summed E-state index contributed by atoms with van der Waals surface area (Å²) in [6, 6.07) is 10.9. The molecule has 3 aromatic carbocycles. The van der Waals surface area contributed by atoms with E-state index in [4.69, 9.17) is 46.9 Å². The molecule has 3 unspecified atom stereocenters. The highest BCUT2D eigenvalue weighted by molar-refractivity contribution is 6.35. The second-order valence-electron chi connectivity index (χ2n) is 11.2. The van der Waals surface area contributed by atoms with Gasteiger partial charge in [0, 0.05) is 42.9 Å². The summed E-state index contributed by atoms with van der Waals surface area (Å²) in [5, 5.41) is 24.7. The highest BCUT2D eigenvalue weighted by atomic mass is 35.5. The first-order chi connectivity index (χ1) is 22.0. The monoisotopic (exact) mass is 669 g/mol. The number of aromatic hydroxyl groups is 1. The highest BCUT2D eigenvalue weighted by Gasteiger charge is 2.61. The van der Waals surface area contributed by atoms with Crippen LogP contribution < -0.4 is 29.0 Å². The summed E-state index contributed by atoms with van der Waals surface area (Å²) >= 11 is 12.6. The molecule has 2 heterocycles. The van der Waals surface area contributed by atoms with Crippen molar-refractivity contribution >= 4 is 40.7 Å². The van der Waals surface area contributed by atoms with Crippen LogP contribution >= 0.6 is 23.2 Å². The van der Waals surface area contributed by atoms with Crippen LogP contribution in [0.2, 0.25) is 10.0 Å². The number of ketones is 2. The first-order valence-electron chi connectivity index (χ1n) is 14.3. The number of carbonyl (C=O) groups excluding carboxylic acids is 3. The number of Topliss-reactive ketones (excluding diaryl/α,β-unsaturated/α-hetero) is 2. The summed E-state index contributed by atoms with van der Waals surface area (Å²) in [6.07, 6.45) is -0.467. The molecule has 0 aromatic heterocycles. The maximum Gasteiger partial charge on any atom is 0.231 e. The number of ether oxygens (including phenoxy) is 5. The van der Waals surface area contributed by atoms with Gasteiger partial charge in [-0.25, -0.2) is 0 Å². The molecule has 0 radical (unpaired) electrons. The standard InChI is InChI=1S/C33H29Cl2NO10/c1-15-8-21(38)27(31(40)33(15)32(41)28-24(42-2)12-25(43-3)29(35)30(28)46-33)18(17-5-7-22-23(10-17)45-14-44-22)11-26(39)36-13-16-4-6-20(37)19(34)9-16/h4-7,9-10,12,15,18,37,40H,8,11,13-14H2,1-3H3,(H,36,39). The van der Waals surface area contributed by atoms with Gasteiger partial charge in [-0.3, -0.25) is 14.4 Å². The molecule has 1 amide bonds. The minimum absolute atomic E-state index is 0.000707. The molecule has 6 rings (SSSR count). The van der Waals surface area contributed by atoms with E-state index in [0.717, 1.165) is 0 Å². The molecule has 46 heavy (non-hydrogen) atoms. The van der Waals surface area contributed by atoms with Crippen LogP contribution in [0.15, 0.2) is 53.8 Å². The van der Waals surface area contributed by atoms with Crippen LogP contribution in [-0.2, 0) is 16.1 Å². The van der Waals surface area contributed by atoms with E-state index < -0.39 is 40.7 Å². The van der Waals surface area contributed by atoms with Crippen molar-refractivity contribution in [1.29, 1.82) is 0 Å². The maximum atomic E-state index is 14.3. The molecule has 2 aliphatic heterocycles. The fourth-order valence-electron chi connectivity index (χ4n) is 6.17. The lowest BCUT2D eigenvalue weighted by atomic mass is 9.69. The molecule has 11 nitrogen and oxygen atoms in total. The number of amides is 1. The SMILES string of the molecule is COc1cc(OC)c2c(c1Cl)OC1(C2=O)C(O)=C(C(CC(=O)NCc2ccc(O)c(Cl)c2)c2ccc3c(c2)OCO3)C(=O)CC1C. The number of phenolic OH excluding ortho intramolecular Hbond substituents is 1. The van der Waals surface area contributed by atoms with E-state index in [0.29, 0.717) is 22.6 Å². The summed E-state index contributed by atoms with van der Waals surface area (Å²) in [7, 11) is 2.77. The molecule has 3 atom stereocenters. The van der Waals surface area contributed by atoms with E-state index in [2.05, 4.69) is 5.32 Å². The van der Waals surface area contributed by atoms with Gasteiger partial charge in [0.25, 0.3) is 0 Å². The Morgan fingerprint density at radius 1 is 1.04 bits per heavy atom. The topological polar surface area (TPSA) is 150 Å². The van der Waals surface area contributed by atoms with Crippen molar-refractivity contribution in [1.82, 2.24) is 5.32 Å². The Hall–Kier alpha value is -4.61. The van der Waals surface area contributed by atoms with Gasteiger partial charge in [-0.2, -0.15) is 0 Å². The number of carbonyl (C=O) groups is 3. The molecule has 3 N–H and O–H groups in total. The smallest absolute Gasteiger partial charge is 0.231 e. The van der Waals surface area contributed by atoms with Crippen LogP contribution in [-0.4, -0.2) is 54.3 Å². The van der Waals surface area contributed by atoms with Gasteiger partial charge in [0.15, 0.2) is 28.8 Å². The molecule has 3 aliphatic rings. The summed E-state index contributed by atoms with van der Waals surface area (Å²) < 4.78 is 28.1. The van der Waals surface area contributed by atoms with E-state index in [9.17, 15) is 24.6 Å². The molecule has 0 saturated heterocycles. The van der Waals surface area contributed by atoms with Crippen LogP contribution in [0.5, 0.6) is 34.5 Å². The van der Waals surface area contributed by atoms with E-state index >= 15 is 0 Å². The van der Waals surface area contributed by atoms with Crippen molar-refractivity contribution in [2.24, 2.45) is 5.92 Å². The van der Waals surface area contributed by atoms with Crippen molar-refractivity contribution in [2.45, 2.75) is 37.8 Å². The number of benzene rings is 3. The van der Waals surface area contributed by atoms with E-state index in [1.807, 2.05) is 0 Å². The van der Waals surface area contributed by atoms with Gasteiger partial charge in [0.2, 0.25) is 24.1 Å². The Morgan fingerprint density at radius 2 is 1.78 bits per heavy atom. The number of rotatable bonds is 8. The number of aliphatic hydroxyl groups excluding tert-OH is 1. The third-order valence-corrected chi connectivity index (χ3v) is 9.21. The number of aliphatic hydroxyl groups is 1. The predicted molar refractivity (Wildman–Crippen MR) is 166 cm³/mol. The van der Waals surface area contributed by atoms with Crippen LogP contribution in [0.1, 0.15) is 47.2 Å². The van der Waals surface area contributed by atoms with Gasteiger partial charge in [0.1, 0.15) is 27.8 Å². The minimum atomic E-state index is -2.03. The Labute approximate surface area is 273 Å². The number of methoxy groups -OCH3 is 2. The fourth-order valence-corrected chi connectivity index (χ4v) is 6.64. The number of hydrogen-bond donors (Lipinski definition) is 3. The van der Waals surface area contributed by atoms with Gasteiger partial charge >= 0.3 is 0 Å². The Balaban J connectivity index is 1.43. The van der Waals surface area contributed by atoms with Crippen molar-refractivity contribution in [3.63, 3.8) is 0 Å². The normalized spacial score (nSPS) is 20.4. The fraction of sp³-hybridized carbons (Fsp3) is 0.303. The average molecular weight is 670 g/mol. The molecule has 0 fully saturated rings.